The number of fused-ring (bicyclic) bond motifs is 5. The standard InChI is InChI=1S/C29H23NO/c1-2-6-18(7-3-1)21-10-11-23-22(14-21)17-27-28-24(23)12-13-30-29(28)25-15-19-8-4-5-9-20(19)16-26(25)31-27/h4-5,8-18H,1-3,6-7H2. The Morgan fingerprint density at radius 2 is 1.52 bits per heavy atom. The summed E-state index contributed by atoms with van der Waals surface area (Å²) in [5.74, 6) is 2.52. The lowest BCUT2D eigenvalue weighted by atomic mass is 9.83. The molecule has 4 aromatic carbocycles. The van der Waals surface area contributed by atoms with Crippen molar-refractivity contribution < 1.29 is 4.74 Å². The lowest BCUT2D eigenvalue weighted by Gasteiger charge is -2.24. The second kappa shape index (κ2) is 6.55. The van der Waals surface area contributed by atoms with Crippen LogP contribution in [0.25, 0.3) is 43.6 Å². The Balaban J connectivity index is 1.48. The Morgan fingerprint density at radius 3 is 2.39 bits per heavy atom. The fraction of sp³-hybridized carbons (Fsp3) is 0.207. The average Bonchev–Trinajstić information content (AvgIpc) is 2.83. The zero-order valence-corrected chi connectivity index (χ0v) is 17.4. The fourth-order valence-corrected chi connectivity index (χ4v) is 5.68. The number of hydrogen-bond donors (Lipinski definition) is 0. The molecule has 0 spiro atoms. The van der Waals surface area contributed by atoms with E-state index < -0.39 is 0 Å². The minimum atomic E-state index is 0.700. The molecular formula is C29H23NO. The maximum Gasteiger partial charge on any atom is 0.138 e. The van der Waals surface area contributed by atoms with Crippen molar-refractivity contribution >= 4 is 32.3 Å². The minimum absolute atomic E-state index is 0.700. The van der Waals surface area contributed by atoms with Crippen molar-refractivity contribution in [2.24, 2.45) is 0 Å². The third kappa shape index (κ3) is 2.61. The first-order valence-corrected chi connectivity index (χ1v) is 11.4. The second-order valence-electron chi connectivity index (χ2n) is 9.07. The maximum atomic E-state index is 6.51. The van der Waals surface area contributed by atoms with Crippen molar-refractivity contribution in [3.63, 3.8) is 0 Å². The van der Waals surface area contributed by atoms with Crippen LogP contribution in [0.5, 0.6) is 11.5 Å². The van der Waals surface area contributed by atoms with Gasteiger partial charge in [-0.3, -0.25) is 4.98 Å². The van der Waals surface area contributed by atoms with E-state index in [1.807, 2.05) is 6.20 Å². The predicted molar refractivity (Wildman–Crippen MR) is 128 cm³/mol. The van der Waals surface area contributed by atoms with Gasteiger partial charge in [-0.2, -0.15) is 0 Å². The van der Waals surface area contributed by atoms with E-state index in [1.54, 1.807) is 0 Å². The van der Waals surface area contributed by atoms with Crippen molar-refractivity contribution in [1.82, 2.24) is 4.98 Å². The zero-order chi connectivity index (χ0) is 20.4. The van der Waals surface area contributed by atoms with Gasteiger partial charge in [-0.15, -0.1) is 0 Å². The highest BCUT2D eigenvalue weighted by Gasteiger charge is 2.24. The lowest BCUT2D eigenvalue weighted by Crippen LogP contribution is -2.04. The summed E-state index contributed by atoms with van der Waals surface area (Å²) in [5, 5.41) is 7.32. The molecule has 31 heavy (non-hydrogen) atoms. The van der Waals surface area contributed by atoms with Crippen molar-refractivity contribution in [3.8, 4) is 22.8 Å². The molecule has 1 fully saturated rings. The first kappa shape index (κ1) is 17.3. The van der Waals surface area contributed by atoms with Gasteiger partial charge in [0.15, 0.2) is 0 Å². The van der Waals surface area contributed by atoms with Gasteiger partial charge in [-0.05, 0) is 75.5 Å². The van der Waals surface area contributed by atoms with Gasteiger partial charge in [0.05, 0.1) is 11.1 Å². The van der Waals surface area contributed by atoms with Crippen molar-refractivity contribution in [2.45, 2.75) is 38.0 Å². The molecule has 1 aliphatic carbocycles. The summed E-state index contributed by atoms with van der Waals surface area (Å²) in [6.45, 7) is 0. The van der Waals surface area contributed by atoms with E-state index in [9.17, 15) is 0 Å². The molecule has 0 N–H and O–H groups in total. The van der Waals surface area contributed by atoms with E-state index >= 15 is 0 Å². The summed E-state index contributed by atoms with van der Waals surface area (Å²) >= 11 is 0. The van der Waals surface area contributed by atoms with Gasteiger partial charge in [0.1, 0.15) is 11.5 Å². The van der Waals surface area contributed by atoms with Gasteiger partial charge < -0.3 is 4.74 Å². The zero-order valence-electron chi connectivity index (χ0n) is 17.4. The molecule has 5 aromatic rings. The molecule has 2 nitrogen and oxygen atoms in total. The number of pyridine rings is 1. The summed E-state index contributed by atoms with van der Waals surface area (Å²) in [6, 6.07) is 24.3. The Hall–Kier alpha value is -3.39. The maximum absolute atomic E-state index is 6.51. The van der Waals surface area contributed by atoms with Gasteiger partial charge in [-0.1, -0.05) is 61.7 Å². The highest BCUT2D eigenvalue weighted by molar-refractivity contribution is 6.16. The molecule has 0 atom stereocenters. The van der Waals surface area contributed by atoms with Gasteiger partial charge in [0.2, 0.25) is 0 Å². The van der Waals surface area contributed by atoms with Crippen LogP contribution in [0.1, 0.15) is 43.6 Å². The molecular weight excluding hydrogens is 378 g/mol. The molecule has 150 valence electrons. The first-order chi connectivity index (χ1) is 15.3. The van der Waals surface area contributed by atoms with E-state index in [0.29, 0.717) is 5.92 Å². The molecule has 1 aromatic heterocycles. The number of aromatic nitrogens is 1. The molecule has 2 aliphatic rings. The monoisotopic (exact) mass is 401 g/mol. The Morgan fingerprint density at radius 1 is 0.710 bits per heavy atom. The van der Waals surface area contributed by atoms with Crippen LogP contribution in [0.2, 0.25) is 0 Å². The summed E-state index contributed by atoms with van der Waals surface area (Å²) in [5.41, 5.74) is 3.59. The number of hydrogen-bond acceptors (Lipinski definition) is 2. The molecule has 0 unspecified atom stereocenters. The third-order valence-electron chi connectivity index (χ3n) is 7.25. The summed E-state index contributed by atoms with van der Waals surface area (Å²) in [4.78, 5) is 4.80. The number of benzene rings is 4. The van der Waals surface area contributed by atoms with Crippen molar-refractivity contribution in [3.05, 3.63) is 78.5 Å². The Labute approximate surface area is 181 Å². The molecule has 7 rings (SSSR count). The Bertz CT molecular complexity index is 1490. The fourth-order valence-electron chi connectivity index (χ4n) is 5.68. The molecule has 2 heterocycles. The minimum Gasteiger partial charge on any atom is -0.456 e. The molecule has 1 saturated carbocycles. The largest absolute Gasteiger partial charge is 0.456 e. The van der Waals surface area contributed by atoms with E-state index in [-0.39, 0.29) is 0 Å². The molecule has 1 aliphatic heterocycles. The lowest BCUT2D eigenvalue weighted by molar-refractivity contribution is 0.444. The van der Waals surface area contributed by atoms with Gasteiger partial charge in [-0.25, -0.2) is 0 Å². The van der Waals surface area contributed by atoms with E-state index in [2.05, 4.69) is 66.7 Å². The van der Waals surface area contributed by atoms with Crippen LogP contribution in [0, 0.1) is 0 Å². The highest BCUT2D eigenvalue weighted by atomic mass is 16.5. The average molecular weight is 402 g/mol. The van der Waals surface area contributed by atoms with Gasteiger partial charge in [0.25, 0.3) is 0 Å². The molecule has 0 amide bonds. The number of ether oxygens (including phenoxy) is 1. The second-order valence-corrected chi connectivity index (χ2v) is 9.07. The molecule has 2 heteroatoms. The highest BCUT2D eigenvalue weighted by Crippen LogP contribution is 2.49. The summed E-state index contributed by atoms with van der Waals surface area (Å²) < 4.78 is 6.51. The molecule has 0 bridgehead atoms. The van der Waals surface area contributed by atoms with Crippen LogP contribution in [0.4, 0.5) is 0 Å². The van der Waals surface area contributed by atoms with Gasteiger partial charge >= 0.3 is 0 Å². The quantitative estimate of drug-likeness (QED) is 0.258. The normalized spacial score (nSPS) is 15.9. The van der Waals surface area contributed by atoms with Gasteiger partial charge in [0, 0.05) is 11.8 Å². The smallest absolute Gasteiger partial charge is 0.138 e. The summed E-state index contributed by atoms with van der Waals surface area (Å²) in [6.07, 6.45) is 8.67. The van der Waals surface area contributed by atoms with Crippen molar-refractivity contribution in [2.75, 3.05) is 0 Å². The third-order valence-corrected chi connectivity index (χ3v) is 7.25. The van der Waals surface area contributed by atoms with Crippen LogP contribution in [0.15, 0.2) is 72.9 Å². The molecule has 0 saturated heterocycles. The van der Waals surface area contributed by atoms with E-state index in [0.717, 1.165) is 28.1 Å². The van der Waals surface area contributed by atoms with E-state index in [4.69, 9.17) is 9.72 Å². The van der Waals surface area contributed by atoms with Crippen LogP contribution < -0.4 is 4.74 Å². The first-order valence-electron chi connectivity index (χ1n) is 11.4. The topological polar surface area (TPSA) is 22.1 Å². The summed E-state index contributed by atoms with van der Waals surface area (Å²) in [7, 11) is 0. The number of rotatable bonds is 1. The predicted octanol–water partition coefficient (Wildman–Crippen LogP) is 8.36. The Kier molecular flexibility index (Phi) is 3.66. The SMILES string of the molecule is c1ccc2cc3c(cc2c1)Oc1cc2cc(C4CCCCC4)ccc2c2ccnc-3c12. The number of nitrogens with zero attached hydrogens (tertiary/aromatic N) is 1. The van der Waals surface area contributed by atoms with E-state index in [1.165, 1.54) is 64.6 Å². The van der Waals surface area contributed by atoms with Crippen molar-refractivity contribution in [1.29, 1.82) is 0 Å². The van der Waals surface area contributed by atoms with Crippen LogP contribution in [-0.2, 0) is 0 Å². The van der Waals surface area contributed by atoms with Crippen LogP contribution in [-0.4, -0.2) is 4.98 Å². The molecule has 0 radical (unpaired) electrons. The van der Waals surface area contributed by atoms with Crippen LogP contribution in [0.3, 0.4) is 0 Å². The van der Waals surface area contributed by atoms with Crippen LogP contribution >= 0.6 is 0 Å².